The molecule has 7 heteroatoms. The van der Waals surface area contributed by atoms with E-state index in [9.17, 15) is 5.11 Å². The van der Waals surface area contributed by atoms with E-state index >= 15 is 0 Å². The van der Waals surface area contributed by atoms with E-state index in [1.54, 1.807) is 6.07 Å². The van der Waals surface area contributed by atoms with Crippen LogP contribution in [-0.4, -0.2) is 64.2 Å². The first-order valence-electron chi connectivity index (χ1n) is 14.9. The lowest BCUT2D eigenvalue weighted by atomic mass is 9.88. The Labute approximate surface area is 270 Å². The molecule has 0 spiro atoms. The predicted molar refractivity (Wildman–Crippen MR) is 195 cm³/mol. The van der Waals surface area contributed by atoms with Crippen molar-refractivity contribution in [1.29, 1.82) is 0 Å². The Morgan fingerprint density at radius 3 is 1.95 bits per heavy atom. The third kappa shape index (κ3) is 8.02. The molecule has 0 fully saturated rings. The van der Waals surface area contributed by atoms with Gasteiger partial charge in [0.1, 0.15) is 17.2 Å². The van der Waals surface area contributed by atoms with Gasteiger partial charge in [-0.15, -0.1) is 0 Å². The van der Waals surface area contributed by atoms with E-state index in [-0.39, 0.29) is 5.75 Å². The highest BCUT2D eigenvalue weighted by atomic mass is 32.2. The second kappa shape index (κ2) is 16.3. The fourth-order valence-corrected chi connectivity index (χ4v) is 8.75. The van der Waals surface area contributed by atoms with Crippen LogP contribution in [0.25, 0.3) is 12.2 Å². The maximum Gasteiger partial charge on any atom is 0.141 e. The van der Waals surface area contributed by atoms with Crippen molar-refractivity contribution in [2.24, 2.45) is 0 Å². The van der Waals surface area contributed by atoms with Crippen molar-refractivity contribution in [2.75, 3.05) is 64.0 Å². The molecular formula is C35H45NO2S4. The molecule has 0 bridgehead atoms. The molecule has 1 aliphatic rings. The van der Waals surface area contributed by atoms with E-state index in [4.69, 9.17) is 4.74 Å². The number of phenols is 1. The van der Waals surface area contributed by atoms with Gasteiger partial charge >= 0.3 is 0 Å². The van der Waals surface area contributed by atoms with Gasteiger partial charge in [-0.3, -0.25) is 0 Å². The summed E-state index contributed by atoms with van der Waals surface area (Å²) >= 11 is 8.20. The third-order valence-electron chi connectivity index (χ3n) is 7.65. The van der Waals surface area contributed by atoms with Crippen molar-refractivity contribution < 1.29 is 9.84 Å². The summed E-state index contributed by atoms with van der Waals surface area (Å²) in [6.07, 6.45) is 0. The molecule has 1 N–H and O–H groups in total. The van der Waals surface area contributed by atoms with Crippen molar-refractivity contribution in [1.82, 2.24) is 0 Å². The van der Waals surface area contributed by atoms with Gasteiger partial charge in [0, 0.05) is 75.2 Å². The molecule has 0 radical (unpaired) electrons. The Morgan fingerprint density at radius 1 is 0.714 bits per heavy atom. The van der Waals surface area contributed by atoms with E-state index in [1.807, 2.05) is 36.5 Å². The summed E-state index contributed by atoms with van der Waals surface area (Å²) in [5.74, 6) is 11.4. The maximum atomic E-state index is 10.5. The number of nitrogens with zero attached hydrogens (tertiary/aromatic N) is 1. The molecule has 42 heavy (non-hydrogen) atoms. The van der Waals surface area contributed by atoms with Gasteiger partial charge in [-0.1, -0.05) is 32.6 Å². The van der Waals surface area contributed by atoms with Crippen molar-refractivity contribution in [3.8, 4) is 17.2 Å². The van der Waals surface area contributed by atoms with Crippen LogP contribution in [0.4, 0.5) is 5.69 Å². The van der Waals surface area contributed by atoms with Crippen LogP contribution in [0, 0.1) is 20.8 Å². The number of thioether (sulfide) groups is 4. The lowest BCUT2D eigenvalue weighted by molar-refractivity contribution is 0.441. The zero-order chi connectivity index (χ0) is 30.1. The van der Waals surface area contributed by atoms with Gasteiger partial charge in [0.05, 0.1) is 0 Å². The molecule has 0 aromatic heterocycles. The fraction of sp³-hybridized carbons (Fsp3) is 0.429. The number of hydrogen-bond acceptors (Lipinski definition) is 7. The summed E-state index contributed by atoms with van der Waals surface area (Å²) in [4.78, 5) is 2.58. The fourth-order valence-electron chi connectivity index (χ4n) is 5.18. The average Bonchev–Trinajstić information content (AvgIpc) is 2.99. The molecule has 3 aromatic carbocycles. The quantitative estimate of drug-likeness (QED) is 0.125. The Balaban J connectivity index is 1.66. The van der Waals surface area contributed by atoms with Crippen LogP contribution in [0.3, 0.4) is 0 Å². The number of anilines is 1. The molecule has 0 saturated heterocycles. The van der Waals surface area contributed by atoms with Crippen molar-refractivity contribution in [2.45, 2.75) is 34.6 Å². The van der Waals surface area contributed by atoms with Gasteiger partial charge in [-0.25, -0.2) is 0 Å². The topological polar surface area (TPSA) is 32.7 Å². The van der Waals surface area contributed by atoms with Gasteiger partial charge < -0.3 is 14.7 Å². The lowest BCUT2D eigenvalue weighted by Gasteiger charge is -2.27. The summed E-state index contributed by atoms with van der Waals surface area (Å²) < 4.78 is 6.48. The molecule has 0 saturated carbocycles. The molecule has 1 aliphatic heterocycles. The van der Waals surface area contributed by atoms with Gasteiger partial charge in [-0.2, -0.15) is 47.0 Å². The van der Waals surface area contributed by atoms with E-state index in [2.05, 4.69) is 93.0 Å². The van der Waals surface area contributed by atoms with Crippen LogP contribution < -0.4 is 20.1 Å². The first-order valence-corrected chi connectivity index (χ1v) is 19.5. The van der Waals surface area contributed by atoms with Crippen LogP contribution in [0.2, 0.25) is 0 Å². The lowest BCUT2D eigenvalue weighted by Crippen LogP contribution is -2.29. The first kappa shape index (κ1) is 33.1. The Morgan fingerprint density at radius 2 is 1.33 bits per heavy atom. The molecule has 0 atom stereocenters. The molecule has 0 unspecified atom stereocenters. The molecular weight excluding hydrogens is 595 g/mol. The highest BCUT2D eigenvalue weighted by Crippen LogP contribution is 2.42. The largest absolute Gasteiger partial charge is 0.508 e. The van der Waals surface area contributed by atoms with Crippen LogP contribution in [0.15, 0.2) is 42.5 Å². The number of aryl methyl sites for hydroxylation is 1. The summed E-state index contributed by atoms with van der Waals surface area (Å²) in [5, 5.41) is 12.5. The Hall–Kier alpha value is -1.80. The van der Waals surface area contributed by atoms with E-state index in [0.29, 0.717) is 0 Å². The Kier molecular flexibility index (Phi) is 12.9. The third-order valence-corrected chi connectivity index (χ3v) is 11.9. The number of fused-ring (bicyclic) bond motifs is 2. The smallest absolute Gasteiger partial charge is 0.141 e. The molecule has 3 nitrogen and oxygen atoms in total. The molecule has 0 amide bonds. The summed E-state index contributed by atoms with van der Waals surface area (Å²) in [7, 11) is 0. The van der Waals surface area contributed by atoms with Gasteiger partial charge in [0.2, 0.25) is 0 Å². The number of aromatic hydroxyl groups is 1. The van der Waals surface area contributed by atoms with Crippen LogP contribution in [-0.2, 0) is 0 Å². The summed E-state index contributed by atoms with van der Waals surface area (Å²) in [5.41, 5.74) is 7.70. The number of benzene rings is 3. The van der Waals surface area contributed by atoms with Crippen molar-refractivity contribution in [3.63, 3.8) is 0 Å². The van der Waals surface area contributed by atoms with Crippen LogP contribution in [0.5, 0.6) is 17.2 Å². The minimum Gasteiger partial charge on any atom is -0.508 e. The maximum absolute atomic E-state index is 10.5. The van der Waals surface area contributed by atoms with Gasteiger partial charge in [0.15, 0.2) is 0 Å². The zero-order valence-electron chi connectivity index (χ0n) is 25.8. The molecule has 0 aliphatic carbocycles. The van der Waals surface area contributed by atoms with Crippen molar-refractivity contribution >= 4 is 64.9 Å². The number of phenolic OH excluding ortho intramolecular Hbond substituents is 1. The summed E-state index contributed by atoms with van der Waals surface area (Å²) in [6, 6.07) is 14.9. The normalized spacial score (nSPS) is 12.2. The second-order valence-electron chi connectivity index (χ2n) is 10.4. The summed E-state index contributed by atoms with van der Waals surface area (Å²) in [6.45, 7) is 17.0. The van der Waals surface area contributed by atoms with E-state index in [0.717, 1.165) is 68.8 Å². The number of rotatable bonds is 16. The minimum atomic E-state index is 0.250. The van der Waals surface area contributed by atoms with E-state index in [1.165, 1.54) is 51.3 Å². The Bertz CT molecular complexity index is 1460. The highest BCUT2D eigenvalue weighted by molar-refractivity contribution is 8.03. The minimum absolute atomic E-state index is 0.250. The molecule has 226 valence electrons. The molecule has 1 heterocycles. The zero-order valence-corrected chi connectivity index (χ0v) is 29.0. The first-order chi connectivity index (χ1) is 20.4. The number of ether oxygens (including phenoxy) is 1. The molecule has 4 rings (SSSR count). The van der Waals surface area contributed by atoms with Crippen LogP contribution >= 0.6 is 47.0 Å². The monoisotopic (exact) mass is 639 g/mol. The predicted octanol–water partition coefficient (Wildman–Crippen LogP) is 7.86. The SMILES string of the molecule is C=c1ccc2c(c1C)Oc1c(ccc(O)c1C)C=2c1ccc(N(CCSCCSCC)CCSCCSCC)cc1C. The number of hydrogen-bond donors (Lipinski definition) is 1. The van der Waals surface area contributed by atoms with Gasteiger partial charge in [0.25, 0.3) is 0 Å². The van der Waals surface area contributed by atoms with E-state index < -0.39 is 0 Å². The average molecular weight is 640 g/mol. The van der Waals surface area contributed by atoms with Gasteiger partial charge in [-0.05, 0) is 84.5 Å². The highest BCUT2D eigenvalue weighted by Gasteiger charge is 2.25. The van der Waals surface area contributed by atoms with Crippen molar-refractivity contribution in [3.05, 3.63) is 80.7 Å². The molecule has 3 aromatic rings. The standard InChI is InChI=1S/C35H45NO2S4/c1-7-39-19-21-41-17-15-36(16-18-42-22-20-40-8-2)28-10-12-29(25(4)23-28)33-30-11-9-24(3)26(5)34(30)38-35-27(6)32(37)14-13-31(33)35/h9-14,23,37H,3,7-8,15-22H2,1-2,4-6H3. The van der Waals surface area contributed by atoms with Crippen LogP contribution in [0.1, 0.15) is 41.7 Å². The second-order valence-corrected chi connectivity index (χ2v) is 15.6.